The van der Waals surface area contributed by atoms with Crippen molar-refractivity contribution in [3.05, 3.63) is 30.4 Å². The fraction of sp³-hybridized carbons (Fsp3) is 0.389. The molecule has 4 rings (SSSR count). The van der Waals surface area contributed by atoms with Gasteiger partial charge in [0.25, 0.3) is 0 Å². The largest absolute Gasteiger partial charge is 0.454 e. The number of fused-ring (bicyclic) bond motifs is 2. The van der Waals surface area contributed by atoms with Crippen LogP contribution >= 0.6 is 0 Å². The van der Waals surface area contributed by atoms with Crippen LogP contribution in [0.15, 0.2) is 35.4 Å². The van der Waals surface area contributed by atoms with E-state index in [0.717, 1.165) is 54.7 Å². The van der Waals surface area contributed by atoms with Gasteiger partial charge in [-0.15, -0.1) is 0 Å². The Morgan fingerprint density at radius 3 is 2.96 bits per heavy atom. The van der Waals surface area contributed by atoms with E-state index >= 15 is 0 Å². The first-order chi connectivity index (χ1) is 12.3. The fourth-order valence-electron chi connectivity index (χ4n) is 2.85. The summed E-state index contributed by atoms with van der Waals surface area (Å²) in [6.45, 7) is 3.23. The van der Waals surface area contributed by atoms with Gasteiger partial charge in [0.15, 0.2) is 11.5 Å². The van der Waals surface area contributed by atoms with Crippen LogP contribution in [0.5, 0.6) is 17.4 Å². The van der Waals surface area contributed by atoms with Crippen molar-refractivity contribution in [1.29, 1.82) is 0 Å². The molecule has 0 amide bonds. The van der Waals surface area contributed by atoms with Crippen LogP contribution in [0.3, 0.4) is 0 Å². The lowest BCUT2D eigenvalue weighted by Gasteiger charge is -2.11. The number of nitrogens with zero attached hydrogens (tertiary/aromatic N) is 3. The number of aromatic nitrogens is 2. The van der Waals surface area contributed by atoms with Crippen molar-refractivity contribution in [2.75, 3.05) is 13.3 Å². The van der Waals surface area contributed by atoms with Gasteiger partial charge in [-0.25, -0.2) is 9.97 Å². The van der Waals surface area contributed by atoms with Crippen molar-refractivity contribution < 1.29 is 14.2 Å². The second-order valence-electron chi connectivity index (χ2n) is 5.94. The zero-order valence-corrected chi connectivity index (χ0v) is 14.1. The monoisotopic (exact) mass is 340 g/mol. The number of benzene rings is 1. The van der Waals surface area contributed by atoms with E-state index in [-0.39, 0.29) is 6.79 Å². The maximum absolute atomic E-state index is 6.08. The van der Waals surface area contributed by atoms with Crippen molar-refractivity contribution in [3.63, 3.8) is 0 Å². The van der Waals surface area contributed by atoms with E-state index in [0.29, 0.717) is 17.4 Å². The summed E-state index contributed by atoms with van der Waals surface area (Å²) in [6.07, 6.45) is 7.23. The summed E-state index contributed by atoms with van der Waals surface area (Å²) in [4.78, 5) is 13.0. The van der Waals surface area contributed by atoms with E-state index in [1.54, 1.807) is 0 Å². The molecule has 3 heterocycles. The highest BCUT2D eigenvalue weighted by atomic mass is 16.7. The molecule has 0 unspecified atom stereocenters. The van der Waals surface area contributed by atoms with E-state index in [1.165, 1.54) is 6.33 Å². The minimum Gasteiger partial charge on any atom is -0.454 e. The molecular weight excluding hydrogens is 320 g/mol. The molecule has 2 aliphatic heterocycles. The summed E-state index contributed by atoms with van der Waals surface area (Å²) in [7, 11) is 0. The molecule has 0 radical (unpaired) electrons. The van der Waals surface area contributed by atoms with E-state index in [2.05, 4.69) is 27.2 Å². The van der Waals surface area contributed by atoms with Gasteiger partial charge in [-0.2, -0.15) is 0 Å². The van der Waals surface area contributed by atoms with Gasteiger partial charge in [0.2, 0.25) is 12.7 Å². The lowest BCUT2D eigenvalue weighted by Crippen LogP contribution is -2.16. The smallest absolute Gasteiger partial charge is 0.231 e. The Kier molecular flexibility index (Phi) is 4.37. The minimum atomic E-state index is 0.224. The van der Waals surface area contributed by atoms with Crippen LogP contribution in [0.1, 0.15) is 32.6 Å². The molecule has 2 aliphatic rings. The lowest BCUT2D eigenvalue weighted by atomic mass is 10.2. The summed E-state index contributed by atoms with van der Waals surface area (Å²) in [6, 6.07) is 3.71. The van der Waals surface area contributed by atoms with Gasteiger partial charge in [0.05, 0.1) is 10.9 Å². The van der Waals surface area contributed by atoms with Crippen molar-refractivity contribution >= 4 is 16.7 Å². The van der Waals surface area contributed by atoms with Gasteiger partial charge in [-0.3, -0.25) is 4.99 Å². The molecule has 1 N–H and O–H groups in total. The predicted molar refractivity (Wildman–Crippen MR) is 94.0 cm³/mol. The van der Waals surface area contributed by atoms with Gasteiger partial charge in [0.1, 0.15) is 17.9 Å². The highest BCUT2D eigenvalue weighted by molar-refractivity contribution is 5.87. The standard InChI is InChI=1S/C18H20N4O3/c1-2-4-12(9-20-17-5-3-6-19-17)25-18-13-7-15-16(24-11-23-15)8-14(13)21-10-22-18/h7-10H,2-6,11H2,1H3,(H,19,20)/b12-9+. The Bertz CT molecular complexity index is 848. The number of nitrogens with one attached hydrogen (secondary N) is 1. The molecule has 7 nitrogen and oxygen atoms in total. The van der Waals surface area contributed by atoms with Crippen molar-refractivity contribution in [2.45, 2.75) is 32.6 Å². The van der Waals surface area contributed by atoms with Crippen molar-refractivity contribution in [1.82, 2.24) is 15.3 Å². The minimum absolute atomic E-state index is 0.224. The summed E-state index contributed by atoms with van der Waals surface area (Å²) < 4.78 is 16.9. The Morgan fingerprint density at radius 1 is 1.28 bits per heavy atom. The summed E-state index contributed by atoms with van der Waals surface area (Å²) in [5.41, 5.74) is 0.762. The molecule has 1 aromatic carbocycles. The van der Waals surface area contributed by atoms with E-state index in [9.17, 15) is 0 Å². The third kappa shape index (κ3) is 3.35. The first-order valence-corrected chi connectivity index (χ1v) is 8.54. The number of allylic oxidation sites excluding steroid dienone is 1. The zero-order valence-electron chi connectivity index (χ0n) is 14.1. The Balaban J connectivity index is 1.62. The van der Waals surface area contributed by atoms with Gasteiger partial charge >= 0.3 is 0 Å². The summed E-state index contributed by atoms with van der Waals surface area (Å²) >= 11 is 0. The third-order valence-corrected chi connectivity index (χ3v) is 4.09. The highest BCUT2D eigenvalue weighted by Gasteiger charge is 2.18. The quantitative estimate of drug-likeness (QED) is 0.843. The number of ether oxygens (including phenoxy) is 3. The molecular formula is C18H20N4O3. The van der Waals surface area contributed by atoms with Crippen LogP contribution in [0.2, 0.25) is 0 Å². The van der Waals surface area contributed by atoms with Gasteiger partial charge in [0, 0.05) is 31.7 Å². The average molecular weight is 340 g/mol. The van der Waals surface area contributed by atoms with Crippen LogP contribution < -0.4 is 19.5 Å². The molecule has 1 aromatic heterocycles. The number of aliphatic imine (C=N–C) groups is 1. The molecule has 7 heteroatoms. The van der Waals surface area contributed by atoms with Crippen LogP contribution in [0.4, 0.5) is 0 Å². The van der Waals surface area contributed by atoms with Crippen molar-refractivity contribution in [2.24, 2.45) is 4.99 Å². The van der Waals surface area contributed by atoms with E-state index in [1.807, 2.05) is 18.3 Å². The maximum Gasteiger partial charge on any atom is 0.231 e. The SMILES string of the molecule is CCC/C(=C\NC1=NCCC1)Oc1ncnc2cc3c(cc12)OCO3. The Morgan fingerprint density at radius 2 is 2.16 bits per heavy atom. The third-order valence-electron chi connectivity index (χ3n) is 4.09. The average Bonchev–Trinajstić information content (AvgIpc) is 3.29. The molecule has 0 saturated carbocycles. The summed E-state index contributed by atoms with van der Waals surface area (Å²) in [5.74, 6) is 3.72. The van der Waals surface area contributed by atoms with Crippen LogP contribution in [0, 0.1) is 0 Å². The van der Waals surface area contributed by atoms with Gasteiger partial charge in [-0.1, -0.05) is 6.92 Å². The first-order valence-electron chi connectivity index (χ1n) is 8.54. The number of amidine groups is 1. The second-order valence-corrected chi connectivity index (χ2v) is 5.94. The normalized spacial score (nSPS) is 16.2. The van der Waals surface area contributed by atoms with Crippen LogP contribution in [-0.4, -0.2) is 29.1 Å². The van der Waals surface area contributed by atoms with E-state index < -0.39 is 0 Å². The molecule has 25 heavy (non-hydrogen) atoms. The van der Waals surface area contributed by atoms with Crippen molar-refractivity contribution in [3.8, 4) is 17.4 Å². The maximum atomic E-state index is 6.08. The number of hydrogen-bond donors (Lipinski definition) is 1. The highest BCUT2D eigenvalue weighted by Crippen LogP contribution is 2.38. The van der Waals surface area contributed by atoms with Gasteiger partial charge < -0.3 is 19.5 Å². The lowest BCUT2D eigenvalue weighted by molar-refractivity contribution is 0.174. The first kappa shape index (κ1) is 15.7. The molecule has 0 saturated heterocycles. The Labute approximate surface area is 145 Å². The molecule has 0 fully saturated rings. The van der Waals surface area contributed by atoms with Crippen LogP contribution in [-0.2, 0) is 0 Å². The molecule has 2 aromatic rings. The zero-order chi connectivity index (χ0) is 17.1. The molecule has 130 valence electrons. The van der Waals surface area contributed by atoms with Crippen LogP contribution in [0.25, 0.3) is 10.9 Å². The fourth-order valence-corrected chi connectivity index (χ4v) is 2.85. The van der Waals surface area contributed by atoms with E-state index in [4.69, 9.17) is 14.2 Å². The predicted octanol–water partition coefficient (Wildman–Crippen LogP) is 3.16. The second kappa shape index (κ2) is 6.96. The molecule has 0 bridgehead atoms. The van der Waals surface area contributed by atoms with Gasteiger partial charge in [-0.05, 0) is 18.9 Å². The molecule has 0 spiro atoms. The summed E-state index contributed by atoms with van der Waals surface area (Å²) in [5, 5.41) is 4.05. The molecule has 0 aliphatic carbocycles. The number of rotatable bonds is 5. The molecule has 0 atom stereocenters. The Hall–Kier alpha value is -2.83. The number of hydrogen-bond acceptors (Lipinski definition) is 7. The topological polar surface area (TPSA) is 77.9 Å².